The molecule has 9 nitrogen and oxygen atoms in total. The summed E-state index contributed by atoms with van der Waals surface area (Å²) in [5.74, 6) is -0.767. The fourth-order valence-electron chi connectivity index (χ4n) is 4.87. The van der Waals surface area contributed by atoms with Crippen molar-refractivity contribution in [1.82, 2.24) is 14.9 Å². The highest BCUT2D eigenvalue weighted by Crippen LogP contribution is 2.37. The lowest BCUT2D eigenvalue weighted by Crippen LogP contribution is -2.49. The van der Waals surface area contributed by atoms with Crippen molar-refractivity contribution in [3.63, 3.8) is 0 Å². The van der Waals surface area contributed by atoms with Crippen LogP contribution in [0.2, 0.25) is 0 Å². The number of amides is 1. The molecule has 38 heavy (non-hydrogen) atoms. The molecule has 2 aliphatic heterocycles. The van der Waals surface area contributed by atoms with E-state index in [1.807, 2.05) is 24.8 Å². The first kappa shape index (κ1) is 25.9. The van der Waals surface area contributed by atoms with Gasteiger partial charge in [0.15, 0.2) is 0 Å². The molecule has 1 aromatic carbocycles. The van der Waals surface area contributed by atoms with Gasteiger partial charge in [-0.1, -0.05) is 6.92 Å². The molecule has 2 saturated heterocycles. The van der Waals surface area contributed by atoms with Crippen LogP contribution in [-0.2, 0) is 9.47 Å². The van der Waals surface area contributed by atoms with E-state index in [1.165, 1.54) is 6.07 Å². The summed E-state index contributed by atoms with van der Waals surface area (Å²) in [6, 6.07) is 4.08. The monoisotopic (exact) mass is 526 g/mol. The van der Waals surface area contributed by atoms with Crippen LogP contribution in [-0.4, -0.2) is 80.1 Å². The van der Waals surface area contributed by atoms with Crippen molar-refractivity contribution in [2.24, 2.45) is 0 Å². The fraction of sp³-hybridized carbons (Fsp3) is 0.444. The second kappa shape index (κ2) is 11.3. The third-order valence-electron chi connectivity index (χ3n) is 6.86. The van der Waals surface area contributed by atoms with Gasteiger partial charge >= 0.3 is 6.09 Å². The minimum absolute atomic E-state index is 0.214. The molecule has 4 heterocycles. The van der Waals surface area contributed by atoms with Crippen LogP contribution < -0.4 is 15.1 Å². The number of ether oxygens (including phenoxy) is 2. The maximum absolute atomic E-state index is 15.1. The number of carbonyl (C=O) groups excluding carboxylic acids is 1. The maximum atomic E-state index is 15.1. The van der Waals surface area contributed by atoms with E-state index in [0.717, 1.165) is 36.8 Å². The Hall–Kier alpha value is -3.73. The number of piperazine rings is 1. The van der Waals surface area contributed by atoms with Crippen molar-refractivity contribution in [2.75, 3.05) is 74.2 Å². The Balaban J connectivity index is 1.46. The van der Waals surface area contributed by atoms with E-state index >= 15 is 4.39 Å². The van der Waals surface area contributed by atoms with Crippen molar-refractivity contribution in [3.05, 3.63) is 47.8 Å². The number of benzene rings is 1. The molecule has 1 N–H and O–H groups in total. The molecule has 1 amide bonds. The van der Waals surface area contributed by atoms with Gasteiger partial charge in [-0.05, 0) is 19.4 Å². The van der Waals surface area contributed by atoms with Gasteiger partial charge in [0.1, 0.15) is 17.5 Å². The second-order valence-corrected chi connectivity index (χ2v) is 9.46. The number of nitrogens with zero attached hydrogens (tertiary/aromatic N) is 5. The lowest BCUT2D eigenvalue weighted by atomic mass is 10.1. The molecule has 202 valence electrons. The Bertz CT molecular complexity index is 1310. The molecule has 0 spiro atoms. The van der Waals surface area contributed by atoms with Crippen LogP contribution in [0.3, 0.4) is 0 Å². The number of halogens is 2. The fourth-order valence-corrected chi connectivity index (χ4v) is 4.87. The molecule has 0 unspecified atom stereocenters. The number of fused-ring (bicyclic) bond motifs is 1. The number of morpholine rings is 1. The average Bonchev–Trinajstić information content (AvgIpc) is 2.93. The van der Waals surface area contributed by atoms with E-state index in [0.29, 0.717) is 63.2 Å². The molecule has 0 aliphatic carbocycles. The van der Waals surface area contributed by atoms with Crippen molar-refractivity contribution in [3.8, 4) is 0 Å². The van der Waals surface area contributed by atoms with Crippen LogP contribution in [0.1, 0.15) is 18.9 Å². The summed E-state index contributed by atoms with van der Waals surface area (Å²) >= 11 is 0. The van der Waals surface area contributed by atoms with Gasteiger partial charge in [0.2, 0.25) is 0 Å². The molecule has 2 fully saturated rings. The van der Waals surface area contributed by atoms with Crippen molar-refractivity contribution in [1.29, 1.82) is 0 Å². The van der Waals surface area contributed by atoms with Gasteiger partial charge in [0.25, 0.3) is 0 Å². The van der Waals surface area contributed by atoms with E-state index in [4.69, 9.17) is 9.47 Å². The minimum Gasteiger partial charge on any atom is -0.449 e. The Labute approximate surface area is 220 Å². The molecular weight excluding hydrogens is 494 g/mol. The number of aromatic nitrogens is 2. The van der Waals surface area contributed by atoms with Gasteiger partial charge in [0, 0.05) is 57.0 Å². The van der Waals surface area contributed by atoms with Crippen LogP contribution in [0.15, 0.2) is 30.6 Å². The van der Waals surface area contributed by atoms with Crippen LogP contribution in [0.5, 0.6) is 0 Å². The molecule has 0 atom stereocenters. The van der Waals surface area contributed by atoms with Crippen molar-refractivity contribution in [2.45, 2.75) is 20.3 Å². The third kappa shape index (κ3) is 5.42. The summed E-state index contributed by atoms with van der Waals surface area (Å²) in [6.45, 7) is 9.00. The summed E-state index contributed by atoms with van der Waals surface area (Å²) < 4.78 is 40.1. The number of nitrogens with one attached hydrogen (secondary N) is 1. The first-order chi connectivity index (χ1) is 18.4. The molecule has 5 rings (SSSR count). The predicted octanol–water partition coefficient (Wildman–Crippen LogP) is 4.47. The van der Waals surface area contributed by atoms with Gasteiger partial charge in [-0.3, -0.25) is 4.98 Å². The van der Waals surface area contributed by atoms with Gasteiger partial charge in [0.05, 0.1) is 60.2 Å². The third-order valence-corrected chi connectivity index (χ3v) is 6.86. The standard InChI is InChI=1S/C27H32F2N6O3/c1-3-10-38-27(36)35-6-4-34(5-7-35)26-18(2)25(24-22(29)13-19(28)14-23(24)32-26)31-20-15-21(17-30-16-20)33-8-11-37-12-9-33/h13-17H,3-12H2,1-2H3,(H,31,32). The number of hydrogen-bond donors (Lipinski definition) is 1. The molecule has 0 bridgehead atoms. The zero-order chi connectivity index (χ0) is 26.6. The number of rotatable bonds is 6. The van der Waals surface area contributed by atoms with Gasteiger partial charge in [-0.15, -0.1) is 0 Å². The zero-order valence-corrected chi connectivity index (χ0v) is 21.7. The van der Waals surface area contributed by atoms with Crippen LogP contribution in [0.4, 0.5) is 36.5 Å². The maximum Gasteiger partial charge on any atom is 0.409 e. The number of anilines is 4. The summed E-state index contributed by atoms with van der Waals surface area (Å²) in [7, 11) is 0. The number of hydrogen-bond acceptors (Lipinski definition) is 8. The Kier molecular flexibility index (Phi) is 7.73. The van der Waals surface area contributed by atoms with Crippen LogP contribution in [0, 0.1) is 18.6 Å². The first-order valence-corrected chi connectivity index (χ1v) is 13.0. The quantitative estimate of drug-likeness (QED) is 0.504. The molecule has 2 aliphatic rings. The highest BCUT2D eigenvalue weighted by atomic mass is 19.1. The van der Waals surface area contributed by atoms with Crippen LogP contribution >= 0.6 is 0 Å². The minimum atomic E-state index is -0.692. The predicted molar refractivity (Wildman–Crippen MR) is 142 cm³/mol. The molecule has 2 aromatic heterocycles. The first-order valence-electron chi connectivity index (χ1n) is 13.0. The summed E-state index contributed by atoms with van der Waals surface area (Å²) in [5.41, 5.74) is 3.07. The lowest BCUT2D eigenvalue weighted by Gasteiger charge is -2.36. The second-order valence-electron chi connectivity index (χ2n) is 9.46. The van der Waals surface area contributed by atoms with Crippen LogP contribution in [0.25, 0.3) is 10.9 Å². The van der Waals surface area contributed by atoms with E-state index in [9.17, 15) is 9.18 Å². The van der Waals surface area contributed by atoms with Gasteiger partial charge in [-0.25, -0.2) is 18.6 Å². The number of pyridine rings is 2. The number of carbonyl (C=O) groups is 1. The Morgan fingerprint density at radius 1 is 1.05 bits per heavy atom. The topological polar surface area (TPSA) is 83.1 Å². The normalized spacial score (nSPS) is 16.2. The van der Waals surface area contributed by atoms with E-state index in [-0.39, 0.29) is 17.0 Å². The highest BCUT2D eigenvalue weighted by Gasteiger charge is 2.26. The smallest absolute Gasteiger partial charge is 0.409 e. The molecule has 0 saturated carbocycles. The Morgan fingerprint density at radius 2 is 1.82 bits per heavy atom. The lowest BCUT2D eigenvalue weighted by molar-refractivity contribution is 0.100. The Morgan fingerprint density at radius 3 is 2.55 bits per heavy atom. The molecule has 0 radical (unpaired) electrons. The summed E-state index contributed by atoms with van der Waals surface area (Å²) in [5, 5.41) is 3.56. The average molecular weight is 527 g/mol. The summed E-state index contributed by atoms with van der Waals surface area (Å²) in [6.07, 6.45) is 3.91. The van der Waals surface area contributed by atoms with Gasteiger partial charge in [-0.2, -0.15) is 0 Å². The zero-order valence-electron chi connectivity index (χ0n) is 21.7. The van der Waals surface area contributed by atoms with E-state index in [1.54, 1.807) is 17.3 Å². The largest absolute Gasteiger partial charge is 0.449 e. The van der Waals surface area contributed by atoms with Gasteiger partial charge < -0.3 is 29.5 Å². The van der Waals surface area contributed by atoms with Crippen molar-refractivity contribution < 1.29 is 23.0 Å². The highest BCUT2D eigenvalue weighted by molar-refractivity contribution is 5.97. The molecule has 11 heteroatoms. The SMILES string of the molecule is CCCOC(=O)N1CCN(c2nc3cc(F)cc(F)c3c(Nc3cncc(N4CCOCC4)c3)c2C)CC1. The summed E-state index contributed by atoms with van der Waals surface area (Å²) in [4.78, 5) is 27.2. The van der Waals surface area contributed by atoms with E-state index in [2.05, 4.69) is 20.2 Å². The van der Waals surface area contributed by atoms with E-state index < -0.39 is 11.6 Å². The molecule has 3 aromatic rings. The molecular formula is C27H32F2N6O3. The van der Waals surface area contributed by atoms with Crippen molar-refractivity contribution >= 4 is 39.9 Å².